The summed E-state index contributed by atoms with van der Waals surface area (Å²) < 4.78 is 0. The number of hydrogen-bond acceptors (Lipinski definition) is 2. The molecule has 1 rings (SSSR count). The van der Waals surface area contributed by atoms with Crippen molar-refractivity contribution in [3.05, 3.63) is 73.9 Å². The lowest BCUT2D eigenvalue weighted by Crippen LogP contribution is -2.04. The van der Waals surface area contributed by atoms with Crippen molar-refractivity contribution >= 4 is 24.0 Å². The summed E-state index contributed by atoms with van der Waals surface area (Å²) in [6.07, 6.45) is 5.55. The van der Waals surface area contributed by atoms with Crippen LogP contribution in [0.15, 0.2) is 62.7 Å². The summed E-state index contributed by atoms with van der Waals surface area (Å²) in [6, 6.07) is 8.02. The number of hydrogen-bond donors (Lipinski definition) is 2. The molecule has 0 spiro atoms. The van der Waals surface area contributed by atoms with Crippen molar-refractivity contribution < 1.29 is 14.7 Å². The Kier molecular flexibility index (Phi) is 12.2. The Labute approximate surface area is 119 Å². The lowest BCUT2D eigenvalue weighted by atomic mass is 10.1. The number of carbonyl (C=O) groups is 2. The monoisotopic (exact) mass is 273 g/mol. The van der Waals surface area contributed by atoms with E-state index in [0.717, 1.165) is 23.3 Å². The Balaban J connectivity index is 0. The van der Waals surface area contributed by atoms with Gasteiger partial charge in [-0.1, -0.05) is 62.7 Å². The molecule has 1 amide bonds. The Morgan fingerprint density at radius 2 is 1.25 bits per heavy atom. The summed E-state index contributed by atoms with van der Waals surface area (Å²) in [4.78, 5) is 18.7. The maximum atomic E-state index is 9.47. The van der Waals surface area contributed by atoms with Gasteiger partial charge in [-0.3, -0.25) is 4.79 Å². The Morgan fingerprint density at radius 1 is 0.950 bits per heavy atom. The molecule has 0 aliphatic rings. The first-order valence-electron chi connectivity index (χ1n) is 5.54. The van der Waals surface area contributed by atoms with E-state index in [1.165, 1.54) is 0 Å². The molecule has 0 radical (unpaired) electrons. The number of carboxylic acid groups (broad SMARTS) is 1. The van der Waals surface area contributed by atoms with Crippen LogP contribution in [0.4, 0.5) is 0 Å². The van der Waals surface area contributed by atoms with E-state index in [0.29, 0.717) is 0 Å². The molecular formula is C16H19NO3. The number of rotatable bonds is 4. The molecule has 0 fully saturated rings. The quantitative estimate of drug-likeness (QED) is 0.828. The standard InChI is InChI=1S/C10H10.C3H5NO.C3H4O2/c1-3-9-7-5-6-8-10(9)4-2;2*1-2-3(4)5/h3-8H,1-2H2;2H,1H2,(H2,4,5);2H,1H2,(H,4,5). The van der Waals surface area contributed by atoms with E-state index < -0.39 is 11.9 Å². The highest BCUT2D eigenvalue weighted by atomic mass is 16.4. The summed E-state index contributed by atoms with van der Waals surface area (Å²) in [7, 11) is 0. The second kappa shape index (κ2) is 12.6. The van der Waals surface area contributed by atoms with Crippen LogP contribution in [0, 0.1) is 0 Å². The SMILES string of the molecule is C=CC(=O)O.C=CC(N)=O.C=Cc1ccccc1C=C. The van der Waals surface area contributed by atoms with Gasteiger partial charge < -0.3 is 10.8 Å². The average Bonchev–Trinajstić information content (AvgIpc) is 2.48. The molecule has 0 saturated heterocycles. The molecule has 0 atom stereocenters. The maximum absolute atomic E-state index is 9.47. The van der Waals surface area contributed by atoms with Crippen LogP contribution in [0.1, 0.15) is 11.1 Å². The van der Waals surface area contributed by atoms with Gasteiger partial charge in [0.25, 0.3) is 0 Å². The zero-order chi connectivity index (χ0) is 16.0. The average molecular weight is 273 g/mol. The van der Waals surface area contributed by atoms with Crippen LogP contribution < -0.4 is 5.73 Å². The predicted molar refractivity (Wildman–Crippen MR) is 83.8 cm³/mol. The zero-order valence-corrected chi connectivity index (χ0v) is 11.3. The molecule has 0 aromatic heterocycles. The molecule has 1 aromatic rings. The molecule has 0 saturated carbocycles. The Bertz CT molecular complexity index is 445. The first-order valence-corrected chi connectivity index (χ1v) is 5.54. The third-order valence-corrected chi connectivity index (χ3v) is 1.81. The smallest absolute Gasteiger partial charge is 0.327 e. The van der Waals surface area contributed by atoms with Crippen molar-refractivity contribution in [3.8, 4) is 0 Å². The van der Waals surface area contributed by atoms with Gasteiger partial charge in [0.1, 0.15) is 0 Å². The molecule has 106 valence electrons. The first kappa shape index (κ1) is 19.5. The minimum atomic E-state index is -0.981. The number of primary amides is 1. The number of benzene rings is 1. The maximum Gasteiger partial charge on any atom is 0.327 e. The van der Waals surface area contributed by atoms with Crippen LogP contribution in [0.3, 0.4) is 0 Å². The number of nitrogens with two attached hydrogens (primary N) is 1. The van der Waals surface area contributed by atoms with Gasteiger partial charge in [-0.15, -0.1) is 0 Å². The van der Waals surface area contributed by atoms with Crippen LogP contribution in [0.25, 0.3) is 12.2 Å². The zero-order valence-electron chi connectivity index (χ0n) is 11.3. The molecule has 0 aliphatic heterocycles. The molecule has 20 heavy (non-hydrogen) atoms. The van der Waals surface area contributed by atoms with Crippen LogP contribution >= 0.6 is 0 Å². The van der Waals surface area contributed by atoms with Gasteiger partial charge >= 0.3 is 5.97 Å². The highest BCUT2D eigenvalue weighted by Crippen LogP contribution is 2.10. The van der Waals surface area contributed by atoms with Gasteiger partial charge in [-0.05, 0) is 17.2 Å². The van der Waals surface area contributed by atoms with Gasteiger partial charge in [0.2, 0.25) is 5.91 Å². The van der Waals surface area contributed by atoms with Crippen molar-refractivity contribution in [3.63, 3.8) is 0 Å². The molecule has 4 nitrogen and oxygen atoms in total. The molecule has 0 heterocycles. The summed E-state index contributed by atoms with van der Waals surface area (Å²) in [5.41, 5.74) is 6.81. The van der Waals surface area contributed by atoms with Crippen molar-refractivity contribution in [1.82, 2.24) is 0 Å². The van der Waals surface area contributed by atoms with Gasteiger partial charge in [0.05, 0.1) is 0 Å². The van der Waals surface area contributed by atoms with E-state index in [-0.39, 0.29) is 0 Å². The van der Waals surface area contributed by atoms with Crippen molar-refractivity contribution in [1.29, 1.82) is 0 Å². The molecule has 0 aliphatic carbocycles. The van der Waals surface area contributed by atoms with E-state index in [9.17, 15) is 9.59 Å². The fraction of sp³-hybridized carbons (Fsp3) is 0. The van der Waals surface area contributed by atoms with Crippen molar-refractivity contribution in [2.45, 2.75) is 0 Å². The summed E-state index contributed by atoms with van der Waals surface area (Å²) in [5.74, 6) is -1.46. The van der Waals surface area contributed by atoms with Crippen LogP contribution in [0.5, 0.6) is 0 Å². The summed E-state index contributed by atoms with van der Waals surface area (Å²) >= 11 is 0. The van der Waals surface area contributed by atoms with E-state index in [2.05, 4.69) is 32.0 Å². The molecule has 0 unspecified atom stereocenters. The molecule has 3 N–H and O–H groups in total. The van der Waals surface area contributed by atoms with Gasteiger partial charge in [-0.2, -0.15) is 0 Å². The Morgan fingerprint density at radius 3 is 1.40 bits per heavy atom. The highest BCUT2D eigenvalue weighted by Gasteiger charge is 1.89. The fourth-order valence-corrected chi connectivity index (χ4v) is 0.883. The third-order valence-electron chi connectivity index (χ3n) is 1.81. The van der Waals surface area contributed by atoms with E-state index in [1.807, 2.05) is 36.4 Å². The van der Waals surface area contributed by atoms with Crippen molar-refractivity contribution in [2.24, 2.45) is 5.73 Å². The third kappa shape index (κ3) is 11.6. The summed E-state index contributed by atoms with van der Waals surface area (Å²) in [6.45, 7) is 13.4. The van der Waals surface area contributed by atoms with Crippen LogP contribution in [-0.4, -0.2) is 17.0 Å². The van der Waals surface area contributed by atoms with E-state index in [1.54, 1.807) is 0 Å². The van der Waals surface area contributed by atoms with Crippen molar-refractivity contribution in [2.75, 3.05) is 0 Å². The number of amides is 1. The van der Waals surface area contributed by atoms with E-state index in [4.69, 9.17) is 5.11 Å². The fourth-order valence-electron chi connectivity index (χ4n) is 0.883. The Hall–Kier alpha value is -2.88. The normalized spacial score (nSPS) is 7.60. The molecule has 0 bridgehead atoms. The minimum Gasteiger partial charge on any atom is -0.478 e. The largest absolute Gasteiger partial charge is 0.478 e. The molecule has 1 aromatic carbocycles. The number of aliphatic carboxylic acids is 1. The van der Waals surface area contributed by atoms with Gasteiger partial charge in [0, 0.05) is 6.08 Å². The second-order valence-electron chi connectivity index (χ2n) is 3.19. The van der Waals surface area contributed by atoms with Crippen LogP contribution in [0.2, 0.25) is 0 Å². The lowest BCUT2D eigenvalue weighted by Gasteiger charge is -1.96. The minimum absolute atomic E-state index is 0.481. The highest BCUT2D eigenvalue weighted by molar-refractivity contribution is 5.85. The van der Waals surface area contributed by atoms with Crippen LogP contribution in [-0.2, 0) is 9.59 Å². The predicted octanol–water partition coefficient (Wildman–Crippen LogP) is 2.89. The lowest BCUT2D eigenvalue weighted by molar-refractivity contribution is -0.131. The number of carboxylic acids is 1. The first-order chi connectivity index (χ1) is 9.42. The van der Waals surface area contributed by atoms with Gasteiger partial charge in [-0.25, -0.2) is 4.79 Å². The summed E-state index contributed by atoms with van der Waals surface area (Å²) in [5, 5.41) is 7.60. The molecule has 4 heteroatoms. The molecular weight excluding hydrogens is 254 g/mol. The number of carbonyl (C=O) groups excluding carboxylic acids is 1. The van der Waals surface area contributed by atoms with E-state index >= 15 is 0 Å². The second-order valence-corrected chi connectivity index (χ2v) is 3.19. The topological polar surface area (TPSA) is 80.4 Å². The van der Waals surface area contributed by atoms with Gasteiger partial charge in [0.15, 0.2) is 0 Å².